The van der Waals surface area contributed by atoms with Gasteiger partial charge in [-0.2, -0.15) is 0 Å². The van der Waals surface area contributed by atoms with Gasteiger partial charge in [-0.25, -0.2) is 0 Å². The van der Waals surface area contributed by atoms with Gasteiger partial charge in [0.2, 0.25) is 5.91 Å². The van der Waals surface area contributed by atoms with Gasteiger partial charge in [0.15, 0.2) is 0 Å². The SMILES string of the molecule is O=C(Cc1ccc(Cl)cc1)NCCOc1cccc(Br)c1. The normalized spacial score (nSPS) is 10.2. The van der Waals surface area contributed by atoms with Crippen molar-refractivity contribution in [1.82, 2.24) is 5.32 Å². The van der Waals surface area contributed by atoms with E-state index in [0.717, 1.165) is 15.8 Å². The maximum Gasteiger partial charge on any atom is 0.224 e. The number of benzene rings is 2. The van der Waals surface area contributed by atoms with Crippen LogP contribution in [-0.2, 0) is 11.2 Å². The van der Waals surface area contributed by atoms with Crippen molar-refractivity contribution < 1.29 is 9.53 Å². The van der Waals surface area contributed by atoms with Crippen molar-refractivity contribution in [2.75, 3.05) is 13.2 Å². The molecule has 0 unspecified atom stereocenters. The van der Waals surface area contributed by atoms with Crippen molar-refractivity contribution in [1.29, 1.82) is 0 Å². The van der Waals surface area contributed by atoms with E-state index < -0.39 is 0 Å². The van der Waals surface area contributed by atoms with Crippen LogP contribution in [0.3, 0.4) is 0 Å². The van der Waals surface area contributed by atoms with Crippen LogP contribution in [0, 0.1) is 0 Å². The molecule has 0 aliphatic rings. The molecule has 0 aliphatic heterocycles. The monoisotopic (exact) mass is 367 g/mol. The van der Waals surface area contributed by atoms with E-state index in [0.29, 0.717) is 24.6 Å². The molecule has 0 spiro atoms. The van der Waals surface area contributed by atoms with Gasteiger partial charge in [-0.1, -0.05) is 45.7 Å². The number of hydrogen-bond acceptors (Lipinski definition) is 2. The lowest BCUT2D eigenvalue weighted by Gasteiger charge is -2.08. The molecule has 2 aromatic rings. The highest BCUT2D eigenvalue weighted by Crippen LogP contribution is 2.17. The summed E-state index contributed by atoms with van der Waals surface area (Å²) in [5.74, 6) is 0.742. The summed E-state index contributed by atoms with van der Waals surface area (Å²) in [6, 6.07) is 14.8. The molecule has 2 rings (SSSR count). The van der Waals surface area contributed by atoms with Gasteiger partial charge >= 0.3 is 0 Å². The van der Waals surface area contributed by atoms with Gasteiger partial charge < -0.3 is 10.1 Å². The molecule has 0 saturated carbocycles. The van der Waals surface area contributed by atoms with E-state index in [1.807, 2.05) is 36.4 Å². The third kappa shape index (κ3) is 5.78. The Morgan fingerprint density at radius 2 is 1.95 bits per heavy atom. The zero-order valence-electron chi connectivity index (χ0n) is 11.3. The Bertz CT molecular complexity index is 601. The van der Waals surface area contributed by atoms with Crippen LogP contribution in [0.25, 0.3) is 0 Å². The summed E-state index contributed by atoms with van der Waals surface area (Å²) in [4.78, 5) is 11.8. The molecule has 3 nitrogen and oxygen atoms in total. The fraction of sp³-hybridized carbons (Fsp3) is 0.188. The van der Waals surface area contributed by atoms with Crippen LogP contribution in [-0.4, -0.2) is 19.1 Å². The molecule has 21 heavy (non-hydrogen) atoms. The number of carbonyl (C=O) groups is 1. The highest BCUT2D eigenvalue weighted by atomic mass is 79.9. The molecule has 0 saturated heterocycles. The van der Waals surface area contributed by atoms with E-state index in [1.54, 1.807) is 12.1 Å². The second-order valence-electron chi connectivity index (χ2n) is 4.46. The van der Waals surface area contributed by atoms with Crippen LogP contribution >= 0.6 is 27.5 Å². The maximum absolute atomic E-state index is 11.8. The largest absolute Gasteiger partial charge is 0.492 e. The summed E-state index contributed by atoms with van der Waals surface area (Å²) in [6.07, 6.45) is 0.341. The standard InChI is InChI=1S/C16H15BrClNO2/c17-13-2-1-3-15(11-13)21-9-8-19-16(20)10-12-4-6-14(18)7-5-12/h1-7,11H,8-10H2,(H,19,20). The molecule has 1 N–H and O–H groups in total. The van der Waals surface area contributed by atoms with Gasteiger partial charge in [0, 0.05) is 9.50 Å². The molecular formula is C16H15BrClNO2. The Balaban J connectivity index is 1.68. The van der Waals surface area contributed by atoms with Gasteiger partial charge in [0.25, 0.3) is 0 Å². The lowest BCUT2D eigenvalue weighted by molar-refractivity contribution is -0.120. The summed E-state index contributed by atoms with van der Waals surface area (Å²) in [5.41, 5.74) is 0.935. The van der Waals surface area contributed by atoms with Crippen LogP contribution in [0.1, 0.15) is 5.56 Å². The van der Waals surface area contributed by atoms with Crippen LogP contribution in [0.15, 0.2) is 53.0 Å². The first-order valence-electron chi connectivity index (χ1n) is 6.53. The number of hydrogen-bond donors (Lipinski definition) is 1. The van der Waals surface area contributed by atoms with Gasteiger partial charge in [0.1, 0.15) is 12.4 Å². The van der Waals surface area contributed by atoms with Crippen LogP contribution < -0.4 is 10.1 Å². The topological polar surface area (TPSA) is 38.3 Å². The van der Waals surface area contributed by atoms with E-state index in [4.69, 9.17) is 16.3 Å². The van der Waals surface area contributed by atoms with Gasteiger partial charge in [-0.15, -0.1) is 0 Å². The number of halogens is 2. The number of rotatable bonds is 6. The van der Waals surface area contributed by atoms with Crippen molar-refractivity contribution in [2.45, 2.75) is 6.42 Å². The van der Waals surface area contributed by atoms with E-state index in [1.165, 1.54) is 0 Å². The highest BCUT2D eigenvalue weighted by molar-refractivity contribution is 9.10. The summed E-state index contributed by atoms with van der Waals surface area (Å²) in [6.45, 7) is 0.905. The smallest absolute Gasteiger partial charge is 0.224 e. The lowest BCUT2D eigenvalue weighted by Crippen LogP contribution is -2.29. The second-order valence-corrected chi connectivity index (χ2v) is 5.81. The maximum atomic E-state index is 11.8. The van der Waals surface area contributed by atoms with E-state index in [-0.39, 0.29) is 5.91 Å². The molecule has 0 bridgehead atoms. The third-order valence-electron chi connectivity index (χ3n) is 2.77. The molecule has 5 heteroatoms. The third-order valence-corrected chi connectivity index (χ3v) is 3.51. The molecule has 1 amide bonds. The minimum atomic E-state index is -0.0323. The quantitative estimate of drug-likeness (QED) is 0.787. The number of carbonyl (C=O) groups excluding carboxylic acids is 1. The van der Waals surface area contributed by atoms with E-state index in [2.05, 4.69) is 21.2 Å². The molecule has 0 atom stereocenters. The highest BCUT2D eigenvalue weighted by Gasteiger charge is 2.03. The van der Waals surface area contributed by atoms with Crippen LogP contribution in [0.2, 0.25) is 5.02 Å². The van der Waals surface area contributed by atoms with Crippen molar-refractivity contribution in [3.05, 3.63) is 63.6 Å². The second kappa shape index (κ2) is 8.05. The first-order chi connectivity index (χ1) is 10.1. The Labute approximate surface area is 137 Å². The van der Waals surface area contributed by atoms with Gasteiger partial charge in [-0.05, 0) is 35.9 Å². The average molecular weight is 369 g/mol. The zero-order chi connectivity index (χ0) is 15.1. The minimum absolute atomic E-state index is 0.0323. The Morgan fingerprint density at radius 3 is 2.67 bits per heavy atom. The van der Waals surface area contributed by atoms with Crippen molar-refractivity contribution in [3.63, 3.8) is 0 Å². The molecular weight excluding hydrogens is 354 g/mol. The fourth-order valence-electron chi connectivity index (χ4n) is 1.77. The Kier molecular flexibility index (Phi) is 6.08. The fourth-order valence-corrected chi connectivity index (χ4v) is 2.27. The number of ether oxygens (including phenoxy) is 1. The number of nitrogens with one attached hydrogen (secondary N) is 1. The summed E-state index contributed by atoms with van der Waals surface area (Å²) >= 11 is 9.18. The van der Waals surface area contributed by atoms with Gasteiger partial charge in [-0.3, -0.25) is 4.79 Å². The summed E-state index contributed by atoms with van der Waals surface area (Å²) in [5, 5.41) is 3.49. The van der Waals surface area contributed by atoms with Crippen molar-refractivity contribution >= 4 is 33.4 Å². The van der Waals surface area contributed by atoms with Crippen LogP contribution in [0.5, 0.6) is 5.75 Å². The van der Waals surface area contributed by atoms with E-state index >= 15 is 0 Å². The number of amides is 1. The van der Waals surface area contributed by atoms with Crippen LogP contribution in [0.4, 0.5) is 0 Å². The molecule has 2 aromatic carbocycles. The molecule has 0 aromatic heterocycles. The summed E-state index contributed by atoms with van der Waals surface area (Å²) < 4.78 is 6.51. The van der Waals surface area contributed by atoms with Crippen molar-refractivity contribution in [2.24, 2.45) is 0 Å². The first kappa shape index (κ1) is 15.9. The molecule has 0 aliphatic carbocycles. The van der Waals surface area contributed by atoms with E-state index in [9.17, 15) is 4.79 Å². The Morgan fingerprint density at radius 1 is 1.19 bits per heavy atom. The predicted octanol–water partition coefficient (Wildman–Crippen LogP) is 3.84. The summed E-state index contributed by atoms with van der Waals surface area (Å²) in [7, 11) is 0. The average Bonchev–Trinajstić information content (AvgIpc) is 2.46. The zero-order valence-corrected chi connectivity index (χ0v) is 13.7. The Hall–Kier alpha value is -1.52. The molecule has 0 heterocycles. The first-order valence-corrected chi connectivity index (χ1v) is 7.70. The minimum Gasteiger partial charge on any atom is -0.492 e. The predicted molar refractivity (Wildman–Crippen MR) is 87.8 cm³/mol. The van der Waals surface area contributed by atoms with Crippen molar-refractivity contribution in [3.8, 4) is 5.75 Å². The molecule has 0 fully saturated rings. The molecule has 0 radical (unpaired) electrons. The molecule has 110 valence electrons. The lowest BCUT2D eigenvalue weighted by atomic mass is 10.1. The van der Waals surface area contributed by atoms with Gasteiger partial charge in [0.05, 0.1) is 13.0 Å².